The Morgan fingerprint density at radius 1 is 0.822 bits per heavy atom. The van der Waals surface area contributed by atoms with Gasteiger partial charge >= 0.3 is 0 Å². The van der Waals surface area contributed by atoms with Crippen LogP contribution in [-0.4, -0.2) is 113 Å². The van der Waals surface area contributed by atoms with E-state index in [4.69, 9.17) is 4.74 Å². The molecule has 2 aromatic rings. The molecule has 3 aliphatic heterocycles. The number of para-hydroxylation sites is 2. The van der Waals surface area contributed by atoms with Crippen molar-refractivity contribution in [1.29, 1.82) is 0 Å². The highest BCUT2D eigenvalue weighted by Crippen LogP contribution is 2.34. The van der Waals surface area contributed by atoms with Crippen LogP contribution in [0.4, 0.5) is 11.4 Å². The molecule has 2 bridgehead atoms. The van der Waals surface area contributed by atoms with Crippen LogP contribution in [0.1, 0.15) is 61.7 Å². The van der Waals surface area contributed by atoms with Crippen molar-refractivity contribution in [3.8, 4) is 5.75 Å². The maximum absolute atomic E-state index is 14.0. The number of ether oxygens (including phenoxy) is 1. The number of benzene rings is 1. The summed E-state index contributed by atoms with van der Waals surface area (Å²) < 4.78 is 6.24. The number of fused-ring (bicyclic) bond motifs is 3. The Hall–Kier alpha value is -3.70. The van der Waals surface area contributed by atoms with Gasteiger partial charge in [-0.05, 0) is 68.6 Å². The molecule has 11 heteroatoms. The lowest BCUT2D eigenvalue weighted by Crippen LogP contribution is -2.47. The smallest absolute Gasteiger partial charge is 0.255 e. The number of pyridine rings is 1. The topological polar surface area (TPSA) is 127 Å². The molecule has 2 fully saturated rings. The van der Waals surface area contributed by atoms with Crippen molar-refractivity contribution in [1.82, 2.24) is 19.7 Å². The zero-order valence-electron chi connectivity index (χ0n) is 26.2. The third-order valence-electron chi connectivity index (χ3n) is 9.18. The highest BCUT2D eigenvalue weighted by atomic mass is 16.5. The molecule has 2 N–H and O–H groups in total. The van der Waals surface area contributed by atoms with E-state index in [0.29, 0.717) is 62.0 Å². The van der Waals surface area contributed by atoms with Gasteiger partial charge in [-0.25, -0.2) is 0 Å². The predicted octanol–water partition coefficient (Wildman–Crippen LogP) is 3.08. The van der Waals surface area contributed by atoms with Crippen molar-refractivity contribution >= 4 is 29.1 Å². The number of aliphatic hydroxyl groups excluding tert-OH is 2. The summed E-state index contributed by atoms with van der Waals surface area (Å²) in [5.74, 6) is 0.324. The second-order valence-corrected chi connectivity index (χ2v) is 12.5. The number of carbonyl (C=O) groups is 3. The number of aliphatic hydroxyl groups is 2. The van der Waals surface area contributed by atoms with Gasteiger partial charge in [-0.15, -0.1) is 0 Å². The van der Waals surface area contributed by atoms with E-state index >= 15 is 0 Å². The van der Waals surface area contributed by atoms with Crippen molar-refractivity contribution in [3.05, 3.63) is 48.3 Å². The average molecular weight is 622 g/mol. The first kappa shape index (κ1) is 32.7. The fourth-order valence-electron chi connectivity index (χ4n) is 6.57. The third-order valence-corrected chi connectivity index (χ3v) is 9.18. The van der Waals surface area contributed by atoms with Crippen molar-refractivity contribution in [2.75, 3.05) is 70.5 Å². The van der Waals surface area contributed by atoms with Gasteiger partial charge in [0.1, 0.15) is 18.8 Å². The summed E-state index contributed by atoms with van der Waals surface area (Å²) in [6.45, 7) is 3.33. The molecule has 11 nitrogen and oxygen atoms in total. The molecule has 0 aliphatic carbocycles. The van der Waals surface area contributed by atoms with Crippen molar-refractivity contribution in [3.63, 3.8) is 0 Å². The lowest BCUT2D eigenvalue weighted by atomic mass is 9.99. The minimum Gasteiger partial charge on any atom is -0.491 e. The Morgan fingerprint density at radius 3 is 2.20 bits per heavy atom. The van der Waals surface area contributed by atoms with Gasteiger partial charge < -0.3 is 34.5 Å². The van der Waals surface area contributed by atoms with Crippen molar-refractivity contribution in [2.45, 2.75) is 51.4 Å². The van der Waals surface area contributed by atoms with Crippen LogP contribution >= 0.6 is 0 Å². The van der Waals surface area contributed by atoms with Crippen LogP contribution in [0, 0.1) is 11.8 Å². The molecule has 3 aliphatic rings. The lowest BCUT2D eigenvalue weighted by Gasteiger charge is -2.34. The fourth-order valence-corrected chi connectivity index (χ4v) is 6.57. The van der Waals surface area contributed by atoms with E-state index in [1.807, 2.05) is 29.2 Å². The number of nitrogens with zero attached hydrogens (tertiary/aromatic N) is 5. The second-order valence-electron chi connectivity index (χ2n) is 12.5. The number of rotatable bonds is 6. The Bertz CT molecular complexity index is 1310. The molecule has 2 unspecified atom stereocenters. The quantitative estimate of drug-likeness (QED) is 0.504. The molecular formula is C34H47N5O6. The van der Waals surface area contributed by atoms with Gasteiger partial charge in [0.05, 0.1) is 29.7 Å². The first-order valence-electron chi connectivity index (χ1n) is 16.5. The summed E-state index contributed by atoms with van der Waals surface area (Å²) in [6.07, 6.45) is 10.0. The zero-order chi connectivity index (χ0) is 31.6. The van der Waals surface area contributed by atoms with Gasteiger partial charge in [-0.2, -0.15) is 0 Å². The van der Waals surface area contributed by atoms with E-state index in [9.17, 15) is 24.6 Å². The van der Waals surface area contributed by atoms with Gasteiger partial charge in [0.25, 0.3) is 5.91 Å². The minimum atomic E-state index is -0.277. The van der Waals surface area contributed by atoms with Crippen LogP contribution in [0.5, 0.6) is 5.75 Å². The van der Waals surface area contributed by atoms with Gasteiger partial charge in [0, 0.05) is 52.1 Å². The monoisotopic (exact) mass is 621 g/mol. The van der Waals surface area contributed by atoms with Crippen molar-refractivity contribution in [2.24, 2.45) is 11.8 Å². The molecule has 0 saturated carbocycles. The fraction of sp³-hybridized carbons (Fsp3) is 0.588. The number of hydrogen-bond donors (Lipinski definition) is 2. The average Bonchev–Trinajstić information content (AvgIpc) is 3.09. The number of piperidine rings is 2. The Labute approximate surface area is 265 Å². The molecule has 5 rings (SSSR count). The summed E-state index contributed by atoms with van der Waals surface area (Å²) in [4.78, 5) is 52.6. The maximum Gasteiger partial charge on any atom is 0.255 e. The standard InChI is InChI=1S/C34H47N5O6/c40-24-26-9-7-14-36(20-26)32(42)22-38-13-5-1-2-6-16-45-31-12-4-3-11-30(31)39(29-17-28(34(38)44)18-35-19-29)23-33(43)37-15-8-10-27(21-37)25-41/h3-4,11-12,17-19,26-27,40-41H,1-2,5-10,13-16,20-25H2. The van der Waals surface area contributed by atoms with E-state index in [1.165, 1.54) is 6.20 Å². The summed E-state index contributed by atoms with van der Waals surface area (Å²) in [5, 5.41) is 19.4. The maximum atomic E-state index is 14.0. The molecule has 3 amide bonds. The Morgan fingerprint density at radius 2 is 1.49 bits per heavy atom. The molecule has 0 radical (unpaired) electrons. The molecule has 2 saturated heterocycles. The van der Waals surface area contributed by atoms with Crippen LogP contribution < -0.4 is 9.64 Å². The SMILES string of the molecule is O=C(CN1CCCCCCOc2ccccc2N(CC(=O)N2CCCC(CO)C2)c2cncc(c2)C1=O)N1CCCC(CO)C1. The predicted molar refractivity (Wildman–Crippen MR) is 170 cm³/mol. The lowest BCUT2D eigenvalue weighted by molar-refractivity contribution is -0.134. The highest BCUT2D eigenvalue weighted by molar-refractivity contribution is 5.97. The summed E-state index contributed by atoms with van der Waals surface area (Å²) in [7, 11) is 0. The number of anilines is 2. The first-order valence-corrected chi connectivity index (χ1v) is 16.5. The number of hydrogen-bond acceptors (Lipinski definition) is 8. The molecule has 1 aromatic carbocycles. The van der Waals surface area contributed by atoms with E-state index in [2.05, 4.69) is 4.98 Å². The van der Waals surface area contributed by atoms with Gasteiger partial charge in [-0.1, -0.05) is 25.0 Å². The van der Waals surface area contributed by atoms with Crippen LogP contribution in [-0.2, 0) is 9.59 Å². The molecule has 45 heavy (non-hydrogen) atoms. The summed E-state index contributed by atoms with van der Waals surface area (Å²) in [5.41, 5.74) is 1.62. The summed E-state index contributed by atoms with van der Waals surface area (Å²) in [6, 6.07) is 9.35. The number of carbonyl (C=O) groups excluding carboxylic acids is 3. The van der Waals surface area contributed by atoms with Crippen LogP contribution in [0.25, 0.3) is 0 Å². The van der Waals surface area contributed by atoms with E-state index in [1.54, 1.807) is 27.0 Å². The van der Waals surface area contributed by atoms with Gasteiger partial charge in [0.2, 0.25) is 11.8 Å². The van der Waals surface area contributed by atoms with Crippen LogP contribution in [0.3, 0.4) is 0 Å². The molecule has 4 heterocycles. The Kier molecular flexibility index (Phi) is 11.6. The van der Waals surface area contributed by atoms with Crippen LogP contribution in [0.2, 0.25) is 0 Å². The van der Waals surface area contributed by atoms with E-state index in [-0.39, 0.29) is 55.9 Å². The molecular weight excluding hydrogens is 574 g/mol. The third kappa shape index (κ3) is 8.52. The molecule has 2 atom stereocenters. The second kappa shape index (κ2) is 16.0. The minimum absolute atomic E-state index is 0.0149. The molecule has 0 spiro atoms. The Balaban J connectivity index is 1.44. The number of aromatic nitrogens is 1. The number of likely N-dealkylation sites (tertiary alicyclic amines) is 2. The molecule has 1 aromatic heterocycles. The van der Waals surface area contributed by atoms with Gasteiger partial charge in [-0.3, -0.25) is 19.4 Å². The molecule has 244 valence electrons. The zero-order valence-corrected chi connectivity index (χ0v) is 26.2. The largest absolute Gasteiger partial charge is 0.491 e. The van der Waals surface area contributed by atoms with Gasteiger partial charge in [0.15, 0.2) is 0 Å². The first-order chi connectivity index (χ1) is 22.0. The highest BCUT2D eigenvalue weighted by Gasteiger charge is 2.29. The normalized spacial score (nSPS) is 21.8. The number of amides is 3. The van der Waals surface area contributed by atoms with E-state index < -0.39 is 0 Å². The van der Waals surface area contributed by atoms with Crippen molar-refractivity contribution < 1.29 is 29.3 Å². The van der Waals surface area contributed by atoms with Crippen LogP contribution in [0.15, 0.2) is 42.7 Å². The summed E-state index contributed by atoms with van der Waals surface area (Å²) >= 11 is 0. The van der Waals surface area contributed by atoms with E-state index in [0.717, 1.165) is 51.4 Å².